The molecule has 6 nitrogen and oxygen atoms in total. The topological polar surface area (TPSA) is 84.6 Å². The first-order valence-corrected chi connectivity index (χ1v) is 7.56. The van der Waals surface area contributed by atoms with E-state index < -0.39 is 6.10 Å². The van der Waals surface area contributed by atoms with Crippen molar-refractivity contribution in [3.8, 4) is 0 Å². The van der Waals surface area contributed by atoms with Crippen LogP contribution in [0.5, 0.6) is 0 Å². The van der Waals surface area contributed by atoms with Gasteiger partial charge < -0.3 is 19.7 Å². The zero-order valence-electron chi connectivity index (χ0n) is 13.4. The predicted octanol–water partition coefficient (Wildman–Crippen LogP) is 1.61. The molecule has 2 rings (SSSR count). The molecule has 2 aromatic rings. The van der Waals surface area contributed by atoms with Crippen molar-refractivity contribution in [2.75, 3.05) is 6.61 Å². The third-order valence-electron chi connectivity index (χ3n) is 3.41. The molecule has 1 aromatic heterocycles. The van der Waals surface area contributed by atoms with Crippen LogP contribution in [0.15, 0.2) is 40.9 Å². The van der Waals surface area contributed by atoms with Crippen LogP contribution in [-0.4, -0.2) is 34.9 Å². The van der Waals surface area contributed by atoms with E-state index in [0.29, 0.717) is 12.2 Å². The maximum absolute atomic E-state index is 11.8. The van der Waals surface area contributed by atoms with Crippen molar-refractivity contribution in [1.29, 1.82) is 0 Å². The average molecular weight is 318 g/mol. The number of amides is 1. The van der Waals surface area contributed by atoms with Crippen molar-refractivity contribution < 1.29 is 19.2 Å². The molecular formula is C17H22N2O4. The fourth-order valence-electron chi connectivity index (χ4n) is 2.15. The maximum atomic E-state index is 11.8. The van der Waals surface area contributed by atoms with Crippen molar-refractivity contribution in [3.05, 3.63) is 53.4 Å². The highest BCUT2D eigenvalue weighted by Gasteiger charge is 2.17. The van der Waals surface area contributed by atoms with Gasteiger partial charge in [-0.05, 0) is 19.4 Å². The summed E-state index contributed by atoms with van der Waals surface area (Å²) in [7, 11) is 0. The number of nitrogens with zero attached hydrogens (tertiary/aromatic N) is 1. The average Bonchev–Trinajstić information content (AvgIpc) is 2.93. The van der Waals surface area contributed by atoms with E-state index in [2.05, 4.69) is 10.5 Å². The van der Waals surface area contributed by atoms with Crippen LogP contribution < -0.4 is 5.32 Å². The van der Waals surface area contributed by atoms with Gasteiger partial charge in [-0.3, -0.25) is 4.79 Å². The van der Waals surface area contributed by atoms with Crippen LogP contribution in [-0.2, 0) is 22.6 Å². The van der Waals surface area contributed by atoms with Crippen molar-refractivity contribution in [3.63, 3.8) is 0 Å². The number of nitrogens with one attached hydrogen (secondary N) is 1. The molecule has 1 aromatic carbocycles. The van der Waals surface area contributed by atoms with Gasteiger partial charge in [0.15, 0.2) is 5.76 Å². The molecule has 0 radical (unpaired) electrons. The Balaban J connectivity index is 1.69. The van der Waals surface area contributed by atoms with Crippen LogP contribution in [0.1, 0.15) is 23.9 Å². The van der Waals surface area contributed by atoms with Crippen molar-refractivity contribution in [1.82, 2.24) is 10.5 Å². The molecule has 23 heavy (non-hydrogen) atoms. The predicted molar refractivity (Wildman–Crippen MR) is 84.7 cm³/mol. The van der Waals surface area contributed by atoms with E-state index in [4.69, 9.17) is 9.26 Å². The van der Waals surface area contributed by atoms with Gasteiger partial charge in [-0.1, -0.05) is 35.5 Å². The van der Waals surface area contributed by atoms with Gasteiger partial charge in [0, 0.05) is 12.5 Å². The van der Waals surface area contributed by atoms with Crippen LogP contribution in [0.25, 0.3) is 0 Å². The van der Waals surface area contributed by atoms with E-state index in [-0.39, 0.29) is 25.2 Å². The Morgan fingerprint density at radius 2 is 2.13 bits per heavy atom. The zero-order chi connectivity index (χ0) is 16.7. The molecule has 0 saturated carbocycles. The molecule has 1 heterocycles. The van der Waals surface area contributed by atoms with Crippen molar-refractivity contribution >= 4 is 5.91 Å². The Kier molecular flexibility index (Phi) is 6.31. The van der Waals surface area contributed by atoms with Crippen molar-refractivity contribution in [2.45, 2.75) is 39.0 Å². The van der Waals surface area contributed by atoms with Gasteiger partial charge >= 0.3 is 0 Å². The van der Waals surface area contributed by atoms with Crippen LogP contribution in [0.4, 0.5) is 0 Å². The molecule has 2 unspecified atom stereocenters. The van der Waals surface area contributed by atoms with Crippen LogP contribution in [0.2, 0.25) is 0 Å². The lowest BCUT2D eigenvalue weighted by Crippen LogP contribution is -2.43. The van der Waals surface area contributed by atoms with E-state index in [9.17, 15) is 9.90 Å². The Bertz CT molecular complexity index is 612. The third-order valence-corrected chi connectivity index (χ3v) is 3.41. The van der Waals surface area contributed by atoms with Gasteiger partial charge in [0.05, 0.1) is 17.8 Å². The summed E-state index contributed by atoms with van der Waals surface area (Å²) in [4.78, 5) is 11.8. The highest BCUT2D eigenvalue weighted by atomic mass is 16.5. The summed E-state index contributed by atoms with van der Waals surface area (Å²) in [6.45, 7) is 3.68. The minimum absolute atomic E-state index is 0.0951. The SMILES string of the molecule is Cc1cc(COCC(=O)NC(C)C(O)Cc2ccccc2)on1. The van der Waals surface area contributed by atoms with Crippen LogP contribution in [0.3, 0.4) is 0 Å². The first-order valence-electron chi connectivity index (χ1n) is 7.56. The first-order chi connectivity index (χ1) is 11.0. The summed E-state index contributed by atoms with van der Waals surface area (Å²) in [5.74, 6) is 0.299. The molecule has 0 aliphatic rings. The molecular weight excluding hydrogens is 296 g/mol. The summed E-state index contributed by atoms with van der Waals surface area (Å²) in [5.41, 5.74) is 1.80. The molecule has 0 aliphatic carbocycles. The molecule has 0 fully saturated rings. The number of aliphatic hydroxyl groups excluding tert-OH is 1. The minimum Gasteiger partial charge on any atom is -0.391 e. The van der Waals surface area contributed by atoms with Crippen LogP contribution >= 0.6 is 0 Å². The Hall–Kier alpha value is -2.18. The fraction of sp³-hybridized carbons (Fsp3) is 0.412. The van der Waals surface area contributed by atoms with Gasteiger partial charge in [0.1, 0.15) is 13.2 Å². The number of aryl methyl sites for hydroxylation is 1. The fourth-order valence-corrected chi connectivity index (χ4v) is 2.15. The summed E-state index contributed by atoms with van der Waals surface area (Å²) >= 11 is 0. The highest BCUT2D eigenvalue weighted by molar-refractivity contribution is 5.77. The molecule has 2 atom stereocenters. The lowest BCUT2D eigenvalue weighted by Gasteiger charge is -2.20. The number of ether oxygens (including phenoxy) is 1. The van der Waals surface area contributed by atoms with E-state index >= 15 is 0 Å². The highest BCUT2D eigenvalue weighted by Crippen LogP contribution is 2.06. The number of benzene rings is 1. The largest absolute Gasteiger partial charge is 0.391 e. The summed E-state index contributed by atoms with van der Waals surface area (Å²) < 4.78 is 10.3. The van der Waals surface area contributed by atoms with E-state index in [0.717, 1.165) is 11.3 Å². The molecule has 0 aliphatic heterocycles. The lowest BCUT2D eigenvalue weighted by molar-refractivity contribution is -0.127. The molecule has 6 heteroatoms. The van der Waals surface area contributed by atoms with Gasteiger partial charge in [-0.15, -0.1) is 0 Å². The smallest absolute Gasteiger partial charge is 0.246 e. The monoisotopic (exact) mass is 318 g/mol. The van der Waals surface area contributed by atoms with Gasteiger partial charge in [-0.25, -0.2) is 0 Å². The normalized spacial score (nSPS) is 13.5. The van der Waals surface area contributed by atoms with Crippen LogP contribution in [0, 0.1) is 6.92 Å². The Labute approximate surface area is 135 Å². The molecule has 124 valence electrons. The second-order valence-corrected chi connectivity index (χ2v) is 5.54. The van der Waals surface area contributed by atoms with Gasteiger partial charge in [-0.2, -0.15) is 0 Å². The number of carbonyl (C=O) groups excluding carboxylic acids is 1. The molecule has 2 N–H and O–H groups in total. The standard InChI is InChI=1S/C17H22N2O4/c1-12-8-15(23-19-12)10-22-11-17(21)18-13(2)16(20)9-14-6-4-3-5-7-14/h3-8,13,16,20H,9-11H2,1-2H3,(H,18,21). The molecule has 0 spiro atoms. The number of rotatable bonds is 8. The maximum Gasteiger partial charge on any atom is 0.246 e. The zero-order valence-corrected chi connectivity index (χ0v) is 13.4. The number of aliphatic hydroxyl groups is 1. The molecule has 0 bridgehead atoms. The second-order valence-electron chi connectivity index (χ2n) is 5.54. The quantitative estimate of drug-likeness (QED) is 0.772. The van der Waals surface area contributed by atoms with E-state index in [1.54, 1.807) is 13.0 Å². The third kappa shape index (κ3) is 5.84. The van der Waals surface area contributed by atoms with Gasteiger partial charge in [0.2, 0.25) is 5.91 Å². The molecule has 0 saturated heterocycles. The second kappa shape index (κ2) is 8.45. The number of carbonyl (C=O) groups is 1. The summed E-state index contributed by atoms with van der Waals surface area (Å²) in [6.07, 6.45) is -0.168. The Morgan fingerprint density at radius 3 is 2.78 bits per heavy atom. The number of aromatic nitrogens is 1. The lowest BCUT2D eigenvalue weighted by atomic mass is 10.0. The van der Waals surface area contributed by atoms with E-state index in [1.807, 2.05) is 37.3 Å². The Morgan fingerprint density at radius 1 is 1.39 bits per heavy atom. The summed E-state index contributed by atoms with van der Waals surface area (Å²) in [6, 6.07) is 11.0. The van der Waals surface area contributed by atoms with Gasteiger partial charge in [0.25, 0.3) is 0 Å². The first kappa shape index (κ1) is 17.2. The minimum atomic E-state index is -0.654. The summed E-state index contributed by atoms with van der Waals surface area (Å²) in [5, 5.41) is 16.6. The van der Waals surface area contributed by atoms with E-state index in [1.165, 1.54) is 0 Å². The number of hydrogen-bond donors (Lipinski definition) is 2. The van der Waals surface area contributed by atoms with Crippen molar-refractivity contribution in [2.24, 2.45) is 0 Å². The molecule has 1 amide bonds. The number of hydrogen-bond acceptors (Lipinski definition) is 5.